The van der Waals surface area contributed by atoms with Gasteiger partial charge in [0.05, 0.1) is 5.25 Å². The van der Waals surface area contributed by atoms with Crippen molar-refractivity contribution in [3.8, 4) is 0 Å². The van der Waals surface area contributed by atoms with Gasteiger partial charge in [0.15, 0.2) is 6.61 Å². The smallest absolute Gasteiger partial charge is 0.417 e. The SMILES string of the molecule is O=C1COC(=O)N1CC1CN(S(=O)(=O)C2CCCCC2)C1. The van der Waals surface area contributed by atoms with E-state index in [-0.39, 0.29) is 30.2 Å². The first-order valence-corrected chi connectivity index (χ1v) is 8.95. The second kappa shape index (κ2) is 5.57. The summed E-state index contributed by atoms with van der Waals surface area (Å²) in [5, 5.41) is -0.245. The van der Waals surface area contributed by atoms with Crippen LogP contribution < -0.4 is 0 Å². The summed E-state index contributed by atoms with van der Waals surface area (Å²) in [5.74, 6) is -0.313. The molecular formula is C13H20N2O5S. The van der Waals surface area contributed by atoms with Crippen molar-refractivity contribution in [2.24, 2.45) is 5.92 Å². The van der Waals surface area contributed by atoms with Crippen molar-refractivity contribution < 1.29 is 22.7 Å². The molecule has 2 heterocycles. The molecule has 2 saturated heterocycles. The van der Waals surface area contributed by atoms with E-state index in [1.54, 1.807) is 0 Å². The van der Waals surface area contributed by atoms with Crippen LogP contribution in [0.2, 0.25) is 0 Å². The van der Waals surface area contributed by atoms with E-state index in [2.05, 4.69) is 4.74 Å². The van der Waals surface area contributed by atoms with Crippen LogP contribution in [-0.4, -0.2) is 61.1 Å². The number of rotatable bonds is 4. The van der Waals surface area contributed by atoms with Crippen LogP contribution >= 0.6 is 0 Å². The Morgan fingerprint density at radius 3 is 2.33 bits per heavy atom. The molecule has 0 bridgehead atoms. The minimum absolute atomic E-state index is 0.0259. The van der Waals surface area contributed by atoms with Crippen molar-refractivity contribution >= 4 is 22.0 Å². The first-order chi connectivity index (χ1) is 9.98. The first-order valence-electron chi connectivity index (χ1n) is 7.44. The van der Waals surface area contributed by atoms with Gasteiger partial charge in [0.1, 0.15) is 0 Å². The first kappa shape index (κ1) is 14.8. The van der Waals surface area contributed by atoms with Gasteiger partial charge in [-0.2, -0.15) is 0 Å². The summed E-state index contributed by atoms with van der Waals surface area (Å²) < 4.78 is 31.0. The lowest BCUT2D eigenvalue weighted by molar-refractivity contribution is -0.126. The molecular weight excluding hydrogens is 296 g/mol. The average molecular weight is 316 g/mol. The van der Waals surface area contributed by atoms with Gasteiger partial charge in [-0.25, -0.2) is 22.4 Å². The van der Waals surface area contributed by atoms with Crippen LogP contribution in [0, 0.1) is 5.92 Å². The molecule has 21 heavy (non-hydrogen) atoms. The summed E-state index contributed by atoms with van der Waals surface area (Å²) in [6.07, 6.45) is 3.97. The van der Waals surface area contributed by atoms with Crippen LogP contribution in [0.1, 0.15) is 32.1 Å². The van der Waals surface area contributed by atoms with Gasteiger partial charge in [-0.05, 0) is 12.8 Å². The topological polar surface area (TPSA) is 84.0 Å². The van der Waals surface area contributed by atoms with Crippen LogP contribution in [0.15, 0.2) is 0 Å². The van der Waals surface area contributed by atoms with Crippen molar-refractivity contribution in [2.75, 3.05) is 26.2 Å². The van der Waals surface area contributed by atoms with E-state index < -0.39 is 16.1 Å². The monoisotopic (exact) mass is 316 g/mol. The number of carbonyl (C=O) groups is 2. The molecule has 7 nitrogen and oxygen atoms in total. The number of hydrogen-bond acceptors (Lipinski definition) is 5. The van der Waals surface area contributed by atoms with Crippen LogP contribution in [-0.2, 0) is 19.6 Å². The van der Waals surface area contributed by atoms with Crippen molar-refractivity contribution in [1.29, 1.82) is 0 Å². The molecule has 0 aromatic heterocycles. The zero-order chi connectivity index (χ0) is 15.0. The number of amides is 2. The third-order valence-corrected chi connectivity index (χ3v) is 6.87. The highest BCUT2D eigenvalue weighted by Gasteiger charge is 2.43. The van der Waals surface area contributed by atoms with Crippen LogP contribution in [0.4, 0.5) is 4.79 Å². The van der Waals surface area contributed by atoms with E-state index in [1.165, 1.54) is 4.31 Å². The molecule has 0 unspecified atom stereocenters. The maximum absolute atomic E-state index is 12.4. The molecule has 3 fully saturated rings. The van der Waals surface area contributed by atoms with E-state index in [4.69, 9.17) is 0 Å². The summed E-state index contributed by atoms with van der Waals surface area (Å²) in [7, 11) is -3.21. The Morgan fingerprint density at radius 1 is 1.10 bits per heavy atom. The highest BCUT2D eigenvalue weighted by Crippen LogP contribution is 2.30. The Hall–Kier alpha value is -1.15. The molecule has 118 valence electrons. The molecule has 1 saturated carbocycles. The Bertz CT molecular complexity index is 519. The predicted molar refractivity (Wildman–Crippen MR) is 73.9 cm³/mol. The van der Waals surface area contributed by atoms with Gasteiger partial charge in [0, 0.05) is 25.6 Å². The molecule has 1 aliphatic carbocycles. The van der Waals surface area contributed by atoms with Crippen molar-refractivity contribution in [2.45, 2.75) is 37.4 Å². The summed E-state index contributed by atoms with van der Waals surface area (Å²) >= 11 is 0. The van der Waals surface area contributed by atoms with Gasteiger partial charge < -0.3 is 4.74 Å². The van der Waals surface area contributed by atoms with Crippen LogP contribution in [0.25, 0.3) is 0 Å². The molecule has 0 atom stereocenters. The minimum Gasteiger partial charge on any atom is -0.439 e. The normalized spacial score (nSPS) is 26.0. The fourth-order valence-electron chi connectivity index (χ4n) is 3.24. The number of hydrogen-bond donors (Lipinski definition) is 0. The van der Waals surface area contributed by atoms with Crippen molar-refractivity contribution in [3.63, 3.8) is 0 Å². The van der Waals surface area contributed by atoms with Gasteiger partial charge in [-0.3, -0.25) is 4.79 Å². The third-order valence-electron chi connectivity index (χ3n) is 4.54. The van der Waals surface area contributed by atoms with Gasteiger partial charge >= 0.3 is 6.09 Å². The molecule has 2 amide bonds. The second-order valence-corrected chi connectivity index (χ2v) is 8.26. The minimum atomic E-state index is -3.21. The Balaban J connectivity index is 1.53. The lowest BCUT2D eigenvalue weighted by atomic mass is 10.0. The highest BCUT2D eigenvalue weighted by atomic mass is 32.2. The summed E-state index contributed by atoms with van der Waals surface area (Å²) in [6, 6.07) is 0. The van der Waals surface area contributed by atoms with E-state index in [9.17, 15) is 18.0 Å². The zero-order valence-electron chi connectivity index (χ0n) is 11.9. The average Bonchev–Trinajstić information content (AvgIpc) is 2.74. The van der Waals surface area contributed by atoms with E-state index in [1.807, 2.05) is 0 Å². The maximum atomic E-state index is 12.4. The lowest BCUT2D eigenvalue weighted by Crippen LogP contribution is -2.56. The number of carbonyl (C=O) groups excluding carboxylic acids is 2. The lowest BCUT2D eigenvalue weighted by Gasteiger charge is -2.41. The molecule has 8 heteroatoms. The van der Waals surface area contributed by atoms with Crippen molar-refractivity contribution in [1.82, 2.24) is 9.21 Å². The van der Waals surface area contributed by atoms with Gasteiger partial charge in [-0.1, -0.05) is 19.3 Å². The molecule has 2 aliphatic heterocycles. The number of nitrogens with zero attached hydrogens (tertiary/aromatic N) is 2. The summed E-state index contributed by atoms with van der Waals surface area (Å²) in [6.45, 7) is 0.857. The van der Waals surface area contributed by atoms with Gasteiger partial charge in [0.2, 0.25) is 10.0 Å². The number of ether oxygens (including phenoxy) is 1. The Labute approximate surface area is 124 Å². The zero-order valence-corrected chi connectivity index (χ0v) is 12.7. The number of sulfonamides is 1. The third kappa shape index (κ3) is 2.78. The van der Waals surface area contributed by atoms with Gasteiger partial charge in [0.25, 0.3) is 5.91 Å². The summed E-state index contributed by atoms with van der Waals surface area (Å²) in [5.41, 5.74) is 0. The van der Waals surface area contributed by atoms with Gasteiger partial charge in [-0.15, -0.1) is 0 Å². The standard InChI is InChI=1S/C13H20N2O5S/c16-12-9-20-13(17)15(12)8-10-6-14(7-10)21(18,19)11-4-2-1-3-5-11/h10-11H,1-9H2. The quantitative estimate of drug-likeness (QED) is 0.756. The molecule has 3 rings (SSSR count). The van der Waals surface area contributed by atoms with Crippen LogP contribution in [0.3, 0.4) is 0 Å². The second-order valence-electron chi connectivity index (χ2n) is 6.05. The molecule has 3 aliphatic rings. The number of cyclic esters (lactones) is 1. The highest BCUT2D eigenvalue weighted by molar-refractivity contribution is 7.89. The summed E-state index contributed by atoms with van der Waals surface area (Å²) in [4.78, 5) is 23.8. The maximum Gasteiger partial charge on any atom is 0.417 e. The fraction of sp³-hybridized carbons (Fsp3) is 0.846. The molecule has 0 spiro atoms. The Kier molecular flexibility index (Phi) is 3.92. The Morgan fingerprint density at radius 2 is 1.76 bits per heavy atom. The van der Waals surface area contributed by atoms with E-state index in [0.29, 0.717) is 13.1 Å². The van der Waals surface area contributed by atoms with Crippen molar-refractivity contribution in [3.05, 3.63) is 0 Å². The molecule has 0 aromatic carbocycles. The fourth-order valence-corrected chi connectivity index (χ4v) is 5.42. The van der Waals surface area contributed by atoms with E-state index in [0.717, 1.165) is 37.0 Å². The molecule has 0 N–H and O–H groups in total. The molecule has 0 aromatic rings. The molecule has 0 radical (unpaired) electrons. The van der Waals surface area contributed by atoms with Crippen LogP contribution in [0.5, 0.6) is 0 Å². The predicted octanol–water partition coefficient (Wildman–Crippen LogP) is 0.559. The number of imide groups is 1. The largest absolute Gasteiger partial charge is 0.439 e. The van der Waals surface area contributed by atoms with E-state index >= 15 is 0 Å².